The van der Waals surface area contributed by atoms with E-state index in [0.717, 1.165) is 5.41 Å². The van der Waals surface area contributed by atoms with Crippen LogP contribution in [0.2, 0.25) is 0 Å². The fraction of sp³-hybridized carbons (Fsp3) is 0.100. The fourth-order valence-corrected chi connectivity index (χ4v) is 2.47. The first kappa shape index (κ1) is 15.3. The number of primary sulfonamides is 1. The quantitative estimate of drug-likeness (QED) is 0.597. The van der Waals surface area contributed by atoms with E-state index in [1.807, 2.05) is 0 Å². The van der Waals surface area contributed by atoms with Gasteiger partial charge in [-0.1, -0.05) is 12.1 Å². The highest BCUT2D eigenvalue weighted by Gasteiger charge is 2.06. The Morgan fingerprint density at radius 1 is 1.16 bits per heavy atom. The van der Waals surface area contributed by atoms with Crippen LogP contribution in [0.4, 0.5) is 0 Å². The highest BCUT2D eigenvalue weighted by Crippen LogP contribution is 2.11. The minimum Gasteiger partial charge on any atom is -0.387 e. The summed E-state index contributed by atoms with van der Waals surface area (Å²) in [6.45, 7) is 1.35. The van der Waals surface area contributed by atoms with Gasteiger partial charge in [0.2, 0.25) is 10.0 Å². The summed E-state index contributed by atoms with van der Waals surface area (Å²) in [5, 5.41) is 5.80. The molecule has 0 spiro atoms. The SMILES string of the molecule is C/C(N)=N/S(=O)(=O)/C=C/c1ccc(S(N)(=O)=O)cc1. The van der Waals surface area contributed by atoms with E-state index in [1.54, 1.807) is 0 Å². The summed E-state index contributed by atoms with van der Waals surface area (Å²) in [4.78, 5) is -0.0525. The van der Waals surface area contributed by atoms with Gasteiger partial charge in [0.25, 0.3) is 10.0 Å². The Morgan fingerprint density at radius 2 is 1.68 bits per heavy atom. The Kier molecular flexibility index (Phi) is 4.45. The van der Waals surface area contributed by atoms with Crippen molar-refractivity contribution in [3.05, 3.63) is 35.2 Å². The lowest BCUT2D eigenvalue weighted by Gasteiger charge is -1.98. The molecule has 1 aromatic carbocycles. The summed E-state index contributed by atoms with van der Waals surface area (Å²) in [6, 6.07) is 5.40. The molecule has 0 aromatic heterocycles. The Bertz CT molecular complexity index is 713. The van der Waals surface area contributed by atoms with Crippen LogP contribution in [0.5, 0.6) is 0 Å². The minimum absolute atomic E-state index is 0.0525. The monoisotopic (exact) mass is 303 g/mol. The number of rotatable bonds is 4. The summed E-state index contributed by atoms with van der Waals surface area (Å²) in [5.74, 6) is -0.0748. The lowest BCUT2D eigenvalue weighted by atomic mass is 10.2. The van der Waals surface area contributed by atoms with Gasteiger partial charge in [-0.3, -0.25) is 0 Å². The third-order valence-corrected chi connectivity index (χ3v) is 3.86. The predicted octanol–water partition coefficient (Wildman–Crippen LogP) is 0.0116. The maximum Gasteiger partial charge on any atom is 0.277 e. The molecule has 1 aromatic rings. The van der Waals surface area contributed by atoms with Crippen molar-refractivity contribution in [3.63, 3.8) is 0 Å². The van der Waals surface area contributed by atoms with E-state index in [-0.39, 0.29) is 10.7 Å². The van der Waals surface area contributed by atoms with Crippen LogP contribution in [0.15, 0.2) is 39.0 Å². The number of nitrogens with zero attached hydrogens (tertiary/aromatic N) is 1. The van der Waals surface area contributed by atoms with E-state index in [9.17, 15) is 16.8 Å². The van der Waals surface area contributed by atoms with Gasteiger partial charge in [0, 0.05) is 0 Å². The van der Waals surface area contributed by atoms with Gasteiger partial charge in [-0.05, 0) is 30.7 Å². The molecule has 0 saturated heterocycles. The van der Waals surface area contributed by atoms with Gasteiger partial charge in [-0.2, -0.15) is 8.42 Å². The zero-order valence-electron chi connectivity index (χ0n) is 10.0. The van der Waals surface area contributed by atoms with E-state index in [0.29, 0.717) is 5.56 Å². The predicted molar refractivity (Wildman–Crippen MR) is 73.1 cm³/mol. The summed E-state index contributed by atoms with van der Waals surface area (Å²) in [7, 11) is -7.54. The molecule has 0 saturated carbocycles. The molecule has 1 rings (SSSR count). The highest BCUT2D eigenvalue weighted by molar-refractivity contribution is 7.93. The maximum absolute atomic E-state index is 11.4. The molecule has 0 unspecified atom stereocenters. The number of nitrogens with two attached hydrogens (primary N) is 2. The van der Waals surface area contributed by atoms with Crippen LogP contribution < -0.4 is 10.9 Å². The molecule has 0 bridgehead atoms. The Hall–Kier alpha value is -1.71. The molecule has 0 amide bonds. The summed E-state index contributed by atoms with van der Waals surface area (Å²) >= 11 is 0. The molecule has 0 aliphatic heterocycles. The first-order chi connectivity index (χ1) is 8.60. The molecule has 7 nitrogen and oxygen atoms in total. The van der Waals surface area contributed by atoms with Crippen molar-refractivity contribution >= 4 is 32.0 Å². The van der Waals surface area contributed by atoms with Crippen molar-refractivity contribution in [1.82, 2.24) is 0 Å². The van der Waals surface area contributed by atoms with Crippen LogP contribution >= 0.6 is 0 Å². The first-order valence-corrected chi connectivity index (χ1v) is 8.03. The number of hydrogen-bond donors (Lipinski definition) is 2. The average molecular weight is 303 g/mol. The van der Waals surface area contributed by atoms with Crippen LogP contribution in [0.25, 0.3) is 6.08 Å². The lowest BCUT2D eigenvalue weighted by molar-refractivity contribution is 0.597. The second kappa shape index (κ2) is 5.51. The molecule has 104 valence electrons. The summed E-state index contributed by atoms with van der Waals surface area (Å²) in [5.41, 5.74) is 5.66. The maximum atomic E-state index is 11.4. The van der Waals surface area contributed by atoms with Gasteiger partial charge >= 0.3 is 0 Å². The lowest BCUT2D eigenvalue weighted by Crippen LogP contribution is -2.11. The molecule has 4 N–H and O–H groups in total. The molecule has 0 aliphatic rings. The molecule has 0 radical (unpaired) electrons. The molecule has 0 heterocycles. The number of hydrogen-bond acceptors (Lipinski definition) is 4. The summed E-state index contributed by atoms with van der Waals surface area (Å²) in [6.07, 6.45) is 1.27. The minimum atomic E-state index is -3.78. The van der Waals surface area contributed by atoms with Crippen LogP contribution in [0.3, 0.4) is 0 Å². The van der Waals surface area contributed by atoms with Crippen molar-refractivity contribution in [2.45, 2.75) is 11.8 Å². The van der Waals surface area contributed by atoms with E-state index in [2.05, 4.69) is 4.40 Å². The van der Waals surface area contributed by atoms with Crippen LogP contribution in [0, 0.1) is 0 Å². The van der Waals surface area contributed by atoms with Crippen molar-refractivity contribution in [3.8, 4) is 0 Å². The molecule has 9 heteroatoms. The smallest absolute Gasteiger partial charge is 0.277 e. The van der Waals surface area contributed by atoms with E-state index in [4.69, 9.17) is 10.9 Å². The molecular formula is C10H13N3O4S2. The second-order valence-electron chi connectivity index (χ2n) is 3.66. The van der Waals surface area contributed by atoms with Gasteiger partial charge in [0.1, 0.15) is 5.84 Å². The Labute approximate surface area is 111 Å². The van der Waals surface area contributed by atoms with Crippen molar-refractivity contribution < 1.29 is 16.8 Å². The van der Waals surface area contributed by atoms with Crippen molar-refractivity contribution in [1.29, 1.82) is 0 Å². The zero-order valence-corrected chi connectivity index (χ0v) is 11.6. The molecule has 0 atom stereocenters. The molecular weight excluding hydrogens is 290 g/mol. The largest absolute Gasteiger partial charge is 0.387 e. The number of amidine groups is 1. The van der Waals surface area contributed by atoms with E-state index >= 15 is 0 Å². The molecule has 19 heavy (non-hydrogen) atoms. The second-order valence-corrected chi connectivity index (χ2v) is 6.71. The average Bonchev–Trinajstić information content (AvgIpc) is 2.24. The van der Waals surface area contributed by atoms with Crippen LogP contribution in [0.1, 0.15) is 12.5 Å². The fourth-order valence-electron chi connectivity index (χ4n) is 1.16. The standard InChI is InChI=1S/C10H13N3O4S2/c1-8(11)13-18(14,15)7-6-9-2-4-10(5-3-9)19(12,16)17/h2-7H,1H3,(H2,11,13)(H2,12,16,17)/b7-6+. The Balaban J connectivity index is 3.00. The van der Waals surface area contributed by atoms with Crippen LogP contribution in [-0.2, 0) is 20.0 Å². The Morgan fingerprint density at radius 3 is 2.11 bits per heavy atom. The van der Waals surface area contributed by atoms with Crippen molar-refractivity contribution in [2.24, 2.45) is 15.3 Å². The third kappa shape index (κ3) is 5.20. The molecule has 0 aliphatic carbocycles. The highest BCUT2D eigenvalue weighted by atomic mass is 32.2. The normalized spacial score (nSPS) is 13.9. The van der Waals surface area contributed by atoms with Crippen LogP contribution in [-0.4, -0.2) is 22.7 Å². The van der Waals surface area contributed by atoms with Gasteiger partial charge in [-0.25, -0.2) is 13.6 Å². The topological polar surface area (TPSA) is 133 Å². The molecule has 0 fully saturated rings. The van der Waals surface area contributed by atoms with Gasteiger partial charge in [-0.15, -0.1) is 4.40 Å². The van der Waals surface area contributed by atoms with Gasteiger partial charge in [0.15, 0.2) is 0 Å². The van der Waals surface area contributed by atoms with E-state index in [1.165, 1.54) is 37.3 Å². The first-order valence-electron chi connectivity index (χ1n) is 4.98. The van der Waals surface area contributed by atoms with Gasteiger partial charge in [0.05, 0.1) is 10.3 Å². The number of benzene rings is 1. The van der Waals surface area contributed by atoms with Crippen molar-refractivity contribution in [2.75, 3.05) is 0 Å². The summed E-state index contributed by atoms with van der Waals surface area (Å²) < 4.78 is 48.0. The zero-order chi connectivity index (χ0) is 14.7. The van der Waals surface area contributed by atoms with E-state index < -0.39 is 20.0 Å². The third-order valence-electron chi connectivity index (χ3n) is 1.91. The van der Waals surface area contributed by atoms with Gasteiger partial charge < -0.3 is 5.73 Å². The number of sulfonamides is 2.